The van der Waals surface area contributed by atoms with Gasteiger partial charge in [0.05, 0.1) is 25.5 Å². The van der Waals surface area contributed by atoms with Crippen LogP contribution in [0.4, 0.5) is 0 Å². The second-order valence-corrected chi connectivity index (χ2v) is 3.23. The van der Waals surface area contributed by atoms with Gasteiger partial charge in [-0.05, 0) is 12.1 Å². The van der Waals surface area contributed by atoms with Gasteiger partial charge in [0, 0.05) is 0 Å². The van der Waals surface area contributed by atoms with E-state index in [0.29, 0.717) is 18.0 Å². The van der Waals surface area contributed by atoms with Crippen LogP contribution in [0.1, 0.15) is 0 Å². The minimum Gasteiger partial charge on any atom is -0.504 e. The first-order chi connectivity index (χ1) is 7.79. The third kappa shape index (κ3) is 2.32. The smallest absolute Gasteiger partial charge is 0.169 e. The maximum atomic E-state index is 9.49. The van der Waals surface area contributed by atoms with Crippen molar-refractivity contribution in [2.24, 2.45) is 0 Å². The third-order valence-corrected chi connectivity index (χ3v) is 2.03. The van der Waals surface area contributed by atoms with E-state index in [1.807, 2.05) is 0 Å². The van der Waals surface area contributed by atoms with Gasteiger partial charge in [0.1, 0.15) is 0 Å². The van der Waals surface area contributed by atoms with Gasteiger partial charge < -0.3 is 14.9 Å². The maximum absolute atomic E-state index is 9.49. The molecule has 0 aliphatic heterocycles. The number of ether oxygens (including phenoxy) is 1. The van der Waals surface area contributed by atoms with Gasteiger partial charge in [-0.15, -0.1) is 0 Å². The summed E-state index contributed by atoms with van der Waals surface area (Å²) in [6.07, 6.45) is 3.19. The fourth-order valence-corrected chi connectivity index (χ4v) is 1.29. The Morgan fingerprint density at radius 3 is 2.88 bits per heavy atom. The quantitative estimate of drug-likeness (QED) is 0.816. The Kier molecular flexibility index (Phi) is 3.07. The number of phenolic OH excluding ortho intramolecular Hbond substituents is 1. The number of aliphatic hydroxyl groups is 1. The summed E-state index contributed by atoms with van der Waals surface area (Å²) in [5.41, 5.74) is 0. The number of nitrogens with zero attached hydrogens (tertiary/aromatic N) is 2. The van der Waals surface area contributed by atoms with Crippen LogP contribution in [-0.4, -0.2) is 26.6 Å². The van der Waals surface area contributed by atoms with Crippen molar-refractivity contribution in [2.75, 3.05) is 6.61 Å². The zero-order valence-electron chi connectivity index (χ0n) is 8.58. The Morgan fingerprint density at radius 2 is 2.12 bits per heavy atom. The highest BCUT2D eigenvalue weighted by Crippen LogP contribution is 2.29. The second-order valence-electron chi connectivity index (χ2n) is 3.23. The van der Waals surface area contributed by atoms with E-state index in [0.717, 1.165) is 0 Å². The molecule has 5 nitrogen and oxygen atoms in total. The molecule has 84 valence electrons. The van der Waals surface area contributed by atoms with E-state index < -0.39 is 0 Å². The average Bonchev–Trinajstić information content (AvgIpc) is 2.70. The van der Waals surface area contributed by atoms with Crippen molar-refractivity contribution < 1.29 is 14.9 Å². The lowest BCUT2D eigenvalue weighted by Crippen LogP contribution is -2.01. The lowest BCUT2D eigenvalue weighted by Gasteiger charge is -2.03. The van der Waals surface area contributed by atoms with Gasteiger partial charge in [0.2, 0.25) is 0 Å². The van der Waals surface area contributed by atoms with Gasteiger partial charge in [-0.2, -0.15) is 5.10 Å². The van der Waals surface area contributed by atoms with Gasteiger partial charge in [0.25, 0.3) is 0 Å². The lowest BCUT2D eigenvalue weighted by molar-refractivity contribution is 0.269. The van der Waals surface area contributed by atoms with Gasteiger partial charge in [-0.1, -0.05) is 12.1 Å². The molecular weight excluding hydrogens is 208 g/mol. The Hall–Kier alpha value is -2.01. The number of para-hydroxylation sites is 2. The molecule has 1 heterocycles. The minimum absolute atomic E-state index is 0.0255. The van der Waals surface area contributed by atoms with Gasteiger partial charge in [-0.3, -0.25) is 4.68 Å². The highest BCUT2D eigenvalue weighted by molar-refractivity contribution is 5.40. The van der Waals surface area contributed by atoms with Crippen LogP contribution < -0.4 is 4.74 Å². The number of rotatable bonds is 4. The fraction of sp³-hybridized carbons (Fsp3) is 0.182. The normalized spacial score (nSPS) is 10.3. The average molecular weight is 220 g/mol. The summed E-state index contributed by atoms with van der Waals surface area (Å²) < 4.78 is 6.99. The van der Waals surface area contributed by atoms with Gasteiger partial charge >= 0.3 is 0 Å². The molecular formula is C11H12N2O3. The van der Waals surface area contributed by atoms with Crippen LogP contribution in [0.3, 0.4) is 0 Å². The summed E-state index contributed by atoms with van der Waals surface area (Å²) >= 11 is 0. The van der Waals surface area contributed by atoms with Crippen LogP contribution in [0.25, 0.3) is 0 Å². The zero-order chi connectivity index (χ0) is 11.4. The molecule has 0 spiro atoms. The molecule has 5 heteroatoms. The van der Waals surface area contributed by atoms with E-state index >= 15 is 0 Å². The standard InChI is InChI=1S/C11H12N2O3/c14-6-5-13-8-9(7-12-13)16-11-4-2-1-3-10(11)15/h1-4,7-8,14-15H,5-6H2. The topological polar surface area (TPSA) is 67.5 Å². The summed E-state index contributed by atoms with van der Waals surface area (Å²) in [4.78, 5) is 0. The molecule has 0 atom stereocenters. The summed E-state index contributed by atoms with van der Waals surface area (Å²) in [5, 5.41) is 22.2. The predicted molar refractivity (Wildman–Crippen MR) is 57.5 cm³/mol. The first-order valence-electron chi connectivity index (χ1n) is 4.89. The van der Waals surface area contributed by atoms with Crippen LogP contribution in [0.2, 0.25) is 0 Å². The van der Waals surface area contributed by atoms with Gasteiger partial charge in [-0.25, -0.2) is 0 Å². The Labute approximate surface area is 92.5 Å². The first kappa shape index (κ1) is 10.5. The molecule has 0 saturated carbocycles. The number of aliphatic hydroxyl groups excluding tert-OH is 1. The first-order valence-corrected chi connectivity index (χ1v) is 4.89. The molecule has 2 aromatic rings. The molecule has 0 bridgehead atoms. The molecule has 0 aliphatic carbocycles. The van der Waals surface area contributed by atoms with Crippen molar-refractivity contribution in [1.29, 1.82) is 0 Å². The predicted octanol–water partition coefficient (Wildman–Crippen LogP) is 1.37. The Bertz CT molecular complexity index is 468. The third-order valence-electron chi connectivity index (χ3n) is 2.03. The number of aromatic nitrogens is 2. The molecule has 0 amide bonds. The molecule has 16 heavy (non-hydrogen) atoms. The van der Waals surface area contributed by atoms with Crippen LogP contribution >= 0.6 is 0 Å². The number of benzene rings is 1. The van der Waals surface area contributed by atoms with E-state index in [1.54, 1.807) is 35.1 Å². The summed E-state index contributed by atoms with van der Waals surface area (Å²) in [5.74, 6) is 0.985. The monoisotopic (exact) mass is 220 g/mol. The molecule has 0 aliphatic rings. The highest BCUT2D eigenvalue weighted by Gasteiger charge is 2.04. The van der Waals surface area contributed by atoms with E-state index in [-0.39, 0.29) is 12.4 Å². The largest absolute Gasteiger partial charge is 0.504 e. The molecule has 2 N–H and O–H groups in total. The van der Waals surface area contributed by atoms with E-state index in [9.17, 15) is 5.11 Å². The maximum Gasteiger partial charge on any atom is 0.169 e. The SMILES string of the molecule is OCCn1cc(Oc2ccccc2O)cn1. The molecule has 0 radical (unpaired) electrons. The van der Waals surface area contributed by atoms with Crippen LogP contribution in [-0.2, 0) is 6.54 Å². The zero-order valence-corrected chi connectivity index (χ0v) is 8.58. The van der Waals surface area contributed by atoms with E-state index in [2.05, 4.69) is 5.10 Å². The van der Waals surface area contributed by atoms with Crippen molar-refractivity contribution in [3.8, 4) is 17.2 Å². The molecule has 2 rings (SSSR count). The number of hydrogen-bond donors (Lipinski definition) is 2. The molecule has 1 aromatic carbocycles. The molecule has 0 fully saturated rings. The number of aromatic hydroxyl groups is 1. The summed E-state index contributed by atoms with van der Waals surface area (Å²) in [7, 11) is 0. The number of hydrogen-bond acceptors (Lipinski definition) is 4. The Balaban J connectivity index is 2.11. The fourth-order valence-electron chi connectivity index (χ4n) is 1.29. The van der Waals surface area contributed by atoms with Crippen molar-refractivity contribution in [3.63, 3.8) is 0 Å². The summed E-state index contributed by atoms with van der Waals surface area (Å²) in [6.45, 7) is 0.446. The van der Waals surface area contributed by atoms with Crippen LogP contribution in [0.5, 0.6) is 17.2 Å². The van der Waals surface area contributed by atoms with Crippen LogP contribution in [0, 0.1) is 0 Å². The van der Waals surface area contributed by atoms with Crippen LogP contribution in [0.15, 0.2) is 36.7 Å². The minimum atomic E-state index is 0.0255. The Morgan fingerprint density at radius 1 is 1.31 bits per heavy atom. The van der Waals surface area contributed by atoms with E-state index in [4.69, 9.17) is 9.84 Å². The number of phenols is 1. The summed E-state index contributed by atoms with van der Waals surface area (Å²) in [6, 6.07) is 6.71. The second kappa shape index (κ2) is 4.67. The lowest BCUT2D eigenvalue weighted by atomic mass is 10.3. The molecule has 1 aromatic heterocycles. The van der Waals surface area contributed by atoms with Crippen molar-refractivity contribution >= 4 is 0 Å². The van der Waals surface area contributed by atoms with Gasteiger partial charge in [0.15, 0.2) is 17.2 Å². The van der Waals surface area contributed by atoms with E-state index in [1.165, 1.54) is 6.20 Å². The van der Waals surface area contributed by atoms with Crippen molar-refractivity contribution in [3.05, 3.63) is 36.7 Å². The molecule has 0 saturated heterocycles. The molecule has 0 unspecified atom stereocenters. The highest BCUT2D eigenvalue weighted by atomic mass is 16.5. The van der Waals surface area contributed by atoms with Crippen molar-refractivity contribution in [2.45, 2.75) is 6.54 Å². The van der Waals surface area contributed by atoms with Crippen molar-refractivity contribution in [1.82, 2.24) is 9.78 Å².